The van der Waals surface area contributed by atoms with Crippen LogP contribution in [0.4, 0.5) is 0 Å². The zero-order valence-electron chi connectivity index (χ0n) is 12.0. The molecule has 0 aromatic heterocycles. The summed E-state index contributed by atoms with van der Waals surface area (Å²) < 4.78 is 24.3. The summed E-state index contributed by atoms with van der Waals surface area (Å²) in [7, 11) is -0.887. The molecule has 1 rings (SSSR count). The van der Waals surface area contributed by atoms with E-state index in [9.17, 15) is 8.42 Å². The lowest BCUT2D eigenvalue weighted by molar-refractivity contribution is 0.326. The number of likely N-dealkylation sites (tertiary alicyclic amines) is 1. The second-order valence-corrected chi connectivity index (χ2v) is 7.27. The van der Waals surface area contributed by atoms with Crippen molar-refractivity contribution in [1.29, 1.82) is 0 Å². The Morgan fingerprint density at radius 2 is 2.11 bits per heavy atom. The van der Waals surface area contributed by atoms with Gasteiger partial charge in [-0.25, -0.2) is 12.7 Å². The van der Waals surface area contributed by atoms with Crippen molar-refractivity contribution in [2.24, 2.45) is 0 Å². The van der Waals surface area contributed by atoms with Crippen molar-refractivity contribution in [3.8, 4) is 0 Å². The van der Waals surface area contributed by atoms with Gasteiger partial charge in [-0.1, -0.05) is 6.92 Å². The Morgan fingerprint density at radius 3 is 2.56 bits per heavy atom. The first-order chi connectivity index (χ1) is 8.34. The molecule has 1 heterocycles. The highest BCUT2D eigenvalue weighted by atomic mass is 32.2. The fourth-order valence-electron chi connectivity index (χ4n) is 2.46. The SMILES string of the molecule is CCN(CCCNC1CC(C)N(C)C1)S(C)(=O)=O. The van der Waals surface area contributed by atoms with E-state index in [1.807, 2.05) is 6.92 Å². The minimum absolute atomic E-state index is 0.554. The highest BCUT2D eigenvalue weighted by molar-refractivity contribution is 7.88. The molecule has 0 aromatic carbocycles. The van der Waals surface area contributed by atoms with Gasteiger partial charge in [0.15, 0.2) is 0 Å². The lowest BCUT2D eigenvalue weighted by Gasteiger charge is -2.18. The van der Waals surface area contributed by atoms with Crippen molar-refractivity contribution >= 4 is 10.0 Å². The fraction of sp³-hybridized carbons (Fsp3) is 1.00. The third kappa shape index (κ3) is 4.84. The first-order valence-electron chi connectivity index (χ1n) is 6.73. The smallest absolute Gasteiger partial charge is 0.211 e. The van der Waals surface area contributed by atoms with Crippen LogP contribution in [0, 0.1) is 0 Å². The van der Waals surface area contributed by atoms with Gasteiger partial charge in [-0.3, -0.25) is 0 Å². The second-order valence-electron chi connectivity index (χ2n) is 5.28. The number of hydrogen-bond acceptors (Lipinski definition) is 4. The lowest BCUT2D eigenvalue weighted by atomic mass is 10.2. The van der Waals surface area contributed by atoms with Crippen LogP contribution < -0.4 is 5.32 Å². The summed E-state index contributed by atoms with van der Waals surface area (Å²) in [4.78, 5) is 2.35. The molecule has 0 aromatic rings. The van der Waals surface area contributed by atoms with E-state index < -0.39 is 10.0 Å². The number of sulfonamides is 1. The molecular weight excluding hydrogens is 250 g/mol. The van der Waals surface area contributed by atoms with Gasteiger partial charge in [0, 0.05) is 31.7 Å². The van der Waals surface area contributed by atoms with Crippen LogP contribution in [0.25, 0.3) is 0 Å². The summed E-state index contributed by atoms with van der Waals surface area (Å²) in [6, 6.07) is 1.20. The van der Waals surface area contributed by atoms with E-state index in [-0.39, 0.29) is 0 Å². The topological polar surface area (TPSA) is 52.6 Å². The van der Waals surface area contributed by atoms with Gasteiger partial charge in [-0.15, -0.1) is 0 Å². The number of rotatable bonds is 7. The first kappa shape index (κ1) is 15.9. The van der Waals surface area contributed by atoms with Crippen LogP contribution in [0.1, 0.15) is 26.7 Å². The van der Waals surface area contributed by atoms with Crippen molar-refractivity contribution in [1.82, 2.24) is 14.5 Å². The van der Waals surface area contributed by atoms with Gasteiger partial charge < -0.3 is 10.2 Å². The van der Waals surface area contributed by atoms with Crippen molar-refractivity contribution in [2.75, 3.05) is 39.5 Å². The second kappa shape index (κ2) is 6.84. The van der Waals surface area contributed by atoms with E-state index >= 15 is 0 Å². The largest absolute Gasteiger partial charge is 0.313 e. The van der Waals surface area contributed by atoms with Crippen LogP contribution in [-0.4, -0.2) is 69.2 Å². The Balaban J connectivity index is 2.19. The first-order valence-corrected chi connectivity index (χ1v) is 8.58. The third-order valence-corrected chi connectivity index (χ3v) is 5.10. The molecule has 0 saturated carbocycles. The third-order valence-electron chi connectivity index (χ3n) is 3.73. The van der Waals surface area contributed by atoms with Gasteiger partial charge in [0.1, 0.15) is 0 Å². The molecule has 0 radical (unpaired) electrons. The molecule has 18 heavy (non-hydrogen) atoms. The Hall–Kier alpha value is -0.170. The number of likely N-dealkylation sites (N-methyl/N-ethyl adjacent to an activating group) is 1. The number of nitrogens with one attached hydrogen (secondary N) is 1. The monoisotopic (exact) mass is 277 g/mol. The van der Waals surface area contributed by atoms with Crippen LogP contribution >= 0.6 is 0 Å². The van der Waals surface area contributed by atoms with E-state index in [1.54, 1.807) is 0 Å². The molecular formula is C12H27N3O2S. The van der Waals surface area contributed by atoms with Crippen LogP contribution in [0.5, 0.6) is 0 Å². The molecule has 5 nitrogen and oxygen atoms in total. The normalized spacial score (nSPS) is 26.1. The maximum Gasteiger partial charge on any atom is 0.211 e. The fourth-order valence-corrected chi connectivity index (χ4v) is 3.39. The highest BCUT2D eigenvalue weighted by Crippen LogP contribution is 2.14. The number of hydrogen-bond donors (Lipinski definition) is 1. The highest BCUT2D eigenvalue weighted by Gasteiger charge is 2.25. The van der Waals surface area contributed by atoms with Gasteiger partial charge in [-0.2, -0.15) is 0 Å². The molecule has 1 fully saturated rings. The molecule has 0 amide bonds. The minimum Gasteiger partial charge on any atom is -0.313 e. The minimum atomic E-state index is -3.03. The van der Waals surface area contributed by atoms with Crippen LogP contribution in [-0.2, 0) is 10.0 Å². The van der Waals surface area contributed by atoms with Gasteiger partial charge in [-0.05, 0) is 33.4 Å². The zero-order chi connectivity index (χ0) is 13.8. The average molecular weight is 277 g/mol. The predicted molar refractivity (Wildman–Crippen MR) is 75.2 cm³/mol. The van der Waals surface area contributed by atoms with E-state index in [0.29, 0.717) is 25.2 Å². The van der Waals surface area contributed by atoms with E-state index in [2.05, 4.69) is 24.2 Å². The van der Waals surface area contributed by atoms with Crippen molar-refractivity contribution in [3.63, 3.8) is 0 Å². The molecule has 108 valence electrons. The van der Waals surface area contributed by atoms with Gasteiger partial charge in [0.05, 0.1) is 6.26 Å². The van der Waals surface area contributed by atoms with E-state index in [0.717, 1.165) is 19.5 Å². The predicted octanol–water partition coefficient (Wildman–Crippen LogP) is 0.340. The van der Waals surface area contributed by atoms with E-state index in [4.69, 9.17) is 0 Å². The molecule has 2 atom stereocenters. The molecule has 6 heteroatoms. The number of nitrogens with zero attached hydrogens (tertiary/aromatic N) is 2. The Kier molecular flexibility index (Phi) is 6.04. The van der Waals surface area contributed by atoms with Crippen molar-refractivity contribution in [2.45, 2.75) is 38.8 Å². The van der Waals surface area contributed by atoms with Crippen molar-refractivity contribution < 1.29 is 8.42 Å². The summed E-state index contributed by atoms with van der Waals surface area (Å²) >= 11 is 0. The quantitative estimate of drug-likeness (QED) is 0.682. The summed E-state index contributed by atoms with van der Waals surface area (Å²) in [5.41, 5.74) is 0. The molecule has 0 spiro atoms. The molecule has 0 bridgehead atoms. The van der Waals surface area contributed by atoms with Crippen LogP contribution in [0.3, 0.4) is 0 Å². The summed E-state index contributed by atoms with van der Waals surface area (Å²) in [5.74, 6) is 0. The lowest BCUT2D eigenvalue weighted by Crippen LogP contribution is -2.35. The van der Waals surface area contributed by atoms with Gasteiger partial charge in [0.25, 0.3) is 0 Å². The molecule has 2 unspecified atom stereocenters. The van der Waals surface area contributed by atoms with Crippen LogP contribution in [0.15, 0.2) is 0 Å². The molecule has 1 aliphatic heterocycles. The van der Waals surface area contributed by atoms with E-state index in [1.165, 1.54) is 17.0 Å². The zero-order valence-corrected chi connectivity index (χ0v) is 12.8. The maximum absolute atomic E-state index is 11.4. The average Bonchev–Trinajstić information content (AvgIpc) is 2.56. The molecule has 1 aliphatic rings. The van der Waals surface area contributed by atoms with Gasteiger partial charge >= 0.3 is 0 Å². The summed E-state index contributed by atoms with van der Waals surface area (Å²) in [6.45, 7) is 7.26. The Labute approximate surface area is 112 Å². The Bertz CT molecular complexity index is 335. The van der Waals surface area contributed by atoms with Gasteiger partial charge in [0.2, 0.25) is 10.0 Å². The Morgan fingerprint density at radius 1 is 1.44 bits per heavy atom. The molecule has 1 N–H and O–H groups in total. The van der Waals surface area contributed by atoms with Crippen molar-refractivity contribution in [3.05, 3.63) is 0 Å². The summed E-state index contributed by atoms with van der Waals surface area (Å²) in [5, 5.41) is 3.51. The molecule has 0 aliphatic carbocycles. The summed E-state index contributed by atoms with van der Waals surface area (Å²) in [6.07, 6.45) is 3.33. The standard InChI is InChI=1S/C12H27N3O2S/c1-5-15(18(4,16)17)8-6-7-13-12-9-11(2)14(3)10-12/h11-13H,5-10H2,1-4H3. The van der Waals surface area contributed by atoms with Crippen LogP contribution in [0.2, 0.25) is 0 Å². The maximum atomic E-state index is 11.4. The molecule has 1 saturated heterocycles.